The maximum Gasteiger partial charge on any atom is 0.136 e. The molecule has 0 saturated carbocycles. The molecule has 6 aromatic carbocycles. The van der Waals surface area contributed by atoms with E-state index in [1.807, 2.05) is 30.3 Å². The summed E-state index contributed by atoms with van der Waals surface area (Å²) in [6.07, 6.45) is 0. The van der Waals surface area contributed by atoms with Gasteiger partial charge >= 0.3 is 0 Å². The van der Waals surface area contributed by atoms with Crippen LogP contribution in [0.4, 0.5) is 0 Å². The molecule has 3 heterocycles. The average Bonchev–Trinajstić information content (AvgIpc) is 3.60. The molecule has 0 bridgehead atoms. The van der Waals surface area contributed by atoms with E-state index in [2.05, 4.69) is 78.9 Å². The zero-order valence-electron chi connectivity index (χ0n) is 19.6. The summed E-state index contributed by atoms with van der Waals surface area (Å²) in [5.74, 6) is 0. The Hall–Kier alpha value is -5.02. The molecule has 0 aliphatic heterocycles. The minimum atomic E-state index is 0.881. The van der Waals surface area contributed by atoms with E-state index >= 15 is 0 Å². The Morgan fingerprint density at radius 1 is 0.297 bits per heavy atom. The smallest absolute Gasteiger partial charge is 0.136 e. The molecule has 172 valence electrons. The Balaban J connectivity index is 1.23. The van der Waals surface area contributed by atoms with Crippen molar-refractivity contribution in [1.82, 2.24) is 0 Å². The van der Waals surface area contributed by atoms with Gasteiger partial charge in [-0.3, -0.25) is 0 Å². The quantitative estimate of drug-likeness (QED) is 0.238. The lowest BCUT2D eigenvalue weighted by Gasteiger charge is -2.02. The van der Waals surface area contributed by atoms with Crippen LogP contribution in [0.3, 0.4) is 0 Å². The molecular formula is C34H18O3. The number of furan rings is 3. The summed E-state index contributed by atoms with van der Waals surface area (Å²) in [6.45, 7) is 0. The molecule has 0 radical (unpaired) electrons. The van der Waals surface area contributed by atoms with Crippen molar-refractivity contribution in [3.05, 3.63) is 109 Å². The molecule has 37 heavy (non-hydrogen) atoms. The molecule has 0 amide bonds. The maximum absolute atomic E-state index is 6.39. The third-order valence-electron chi connectivity index (χ3n) is 7.64. The van der Waals surface area contributed by atoms with E-state index in [0.717, 1.165) is 82.3 Å². The highest BCUT2D eigenvalue weighted by atomic mass is 16.3. The molecule has 0 aliphatic carbocycles. The Morgan fingerprint density at radius 2 is 0.757 bits per heavy atom. The van der Waals surface area contributed by atoms with Gasteiger partial charge in [0.1, 0.15) is 33.5 Å². The number of rotatable bonds is 1. The van der Waals surface area contributed by atoms with Crippen molar-refractivity contribution < 1.29 is 13.3 Å². The van der Waals surface area contributed by atoms with Crippen molar-refractivity contribution in [1.29, 1.82) is 0 Å². The Morgan fingerprint density at radius 3 is 1.49 bits per heavy atom. The van der Waals surface area contributed by atoms with Gasteiger partial charge < -0.3 is 13.3 Å². The number of fused-ring (bicyclic) bond motifs is 10. The number of benzene rings is 6. The van der Waals surface area contributed by atoms with E-state index < -0.39 is 0 Å². The standard InChI is InChI=1S/C34H18O3/c1-3-7-29-23(5-1)26-13-19(10-12-31(26)35-29)20-9-11-25-28-15-21-14-27-24-6-2-4-8-30(24)36-33(27)17-22(21)18-34(28)37-32(25)16-20/h1-18H. The molecule has 0 unspecified atom stereocenters. The largest absolute Gasteiger partial charge is 0.456 e. The second-order valence-corrected chi connectivity index (χ2v) is 9.76. The summed E-state index contributed by atoms with van der Waals surface area (Å²) in [5.41, 5.74) is 7.64. The van der Waals surface area contributed by atoms with Crippen LogP contribution in [0.1, 0.15) is 0 Å². The Bertz CT molecular complexity index is 2360. The van der Waals surface area contributed by atoms with Gasteiger partial charge in [0, 0.05) is 32.3 Å². The van der Waals surface area contributed by atoms with Gasteiger partial charge in [0.15, 0.2) is 0 Å². The van der Waals surface area contributed by atoms with Gasteiger partial charge in [-0.15, -0.1) is 0 Å². The van der Waals surface area contributed by atoms with Gasteiger partial charge in [0.2, 0.25) is 0 Å². The van der Waals surface area contributed by atoms with Crippen LogP contribution in [0.5, 0.6) is 0 Å². The summed E-state index contributed by atoms with van der Waals surface area (Å²) in [4.78, 5) is 0. The molecule has 9 aromatic rings. The topological polar surface area (TPSA) is 39.4 Å². The average molecular weight is 475 g/mol. The van der Waals surface area contributed by atoms with Crippen LogP contribution < -0.4 is 0 Å². The highest BCUT2D eigenvalue weighted by Crippen LogP contribution is 2.38. The normalized spacial score (nSPS) is 12.3. The third-order valence-corrected chi connectivity index (χ3v) is 7.64. The third kappa shape index (κ3) is 2.66. The lowest BCUT2D eigenvalue weighted by molar-refractivity contribution is 0.668. The van der Waals surface area contributed by atoms with Crippen LogP contribution in [0.15, 0.2) is 122 Å². The van der Waals surface area contributed by atoms with Crippen LogP contribution in [-0.4, -0.2) is 0 Å². The zero-order chi connectivity index (χ0) is 24.1. The van der Waals surface area contributed by atoms with Crippen LogP contribution in [0.2, 0.25) is 0 Å². The van der Waals surface area contributed by atoms with Gasteiger partial charge in [0.05, 0.1) is 0 Å². The summed E-state index contributed by atoms with van der Waals surface area (Å²) < 4.78 is 18.5. The summed E-state index contributed by atoms with van der Waals surface area (Å²) >= 11 is 0. The molecule has 3 aromatic heterocycles. The molecule has 0 N–H and O–H groups in total. The SMILES string of the molecule is c1ccc2c(c1)oc1ccc(-c3ccc4c(c3)oc3cc5cc6oc7ccccc7c6cc5cc34)cc12. The summed E-state index contributed by atoms with van der Waals surface area (Å²) in [7, 11) is 0. The van der Waals surface area contributed by atoms with Crippen molar-refractivity contribution in [3.63, 3.8) is 0 Å². The van der Waals surface area contributed by atoms with Crippen molar-refractivity contribution in [3.8, 4) is 11.1 Å². The highest BCUT2D eigenvalue weighted by Gasteiger charge is 2.14. The minimum Gasteiger partial charge on any atom is -0.456 e. The molecule has 9 rings (SSSR count). The fourth-order valence-corrected chi connectivity index (χ4v) is 5.83. The molecule has 0 atom stereocenters. The molecular weight excluding hydrogens is 456 g/mol. The monoisotopic (exact) mass is 474 g/mol. The van der Waals surface area contributed by atoms with E-state index in [-0.39, 0.29) is 0 Å². The fraction of sp³-hybridized carbons (Fsp3) is 0. The first-order chi connectivity index (χ1) is 18.3. The van der Waals surface area contributed by atoms with Crippen molar-refractivity contribution in [2.45, 2.75) is 0 Å². The number of hydrogen-bond donors (Lipinski definition) is 0. The van der Waals surface area contributed by atoms with Crippen LogP contribution in [0, 0.1) is 0 Å². The highest BCUT2D eigenvalue weighted by molar-refractivity contribution is 6.15. The number of hydrogen-bond acceptors (Lipinski definition) is 3. The van der Waals surface area contributed by atoms with E-state index in [1.54, 1.807) is 0 Å². The zero-order valence-corrected chi connectivity index (χ0v) is 19.6. The van der Waals surface area contributed by atoms with Crippen LogP contribution in [0.25, 0.3) is 87.7 Å². The van der Waals surface area contributed by atoms with Crippen LogP contribution >= 0.6 is 0 Å². The molecule has 0 spiro atoms. The predicted molar refractivity (Wildman–Crippen MR) is 151 cm³/mol. The first-order valence-corrected chi connectivity index (χ1v) is 12.4. The molecule has 3 heteroatoms. The van der Waals surface area contributed by atoms with Gasteiger partial charge in [-0.1, -0.05) is 48.5 Å². The maximum atomic E-state index is 6.39. The van der Waals surface area contributed by atoms with Gasteiger partial charge in [0.25, 0.3) is 0 Å². The summed E-state index contributed by atoms with van der Waals surface area (Å²) in [6, 6.07) is 37.9. The van der Waals surface area contributed by atoms with E-state index in [9.17, 15) is 0 Å². The fourth-order valence-electron chi connectivity index (χ4n) is 5.83. The Kier molecular flexibility index (Phi) is 3.53. The van der Waals surface area contributed by atoms with Crippen LogP contribution in [-0.2, 0) is 0 Å². The molecule has 0 saturated heterocycles. The van der Waals surface area contributed by atoms with Crippen molar-refractivity contribution >= 4 is 76.6 Å². The molecule has 0 aliphatic rings. The predicted octanol–water partition coefficient (Wildman–Crippen LogP) is 10.2. The Labute approximate surface area is 210 Å². The van der Waals surface area contributed by atoms with Gasteiger partial charge in [-0.05, 0) is 82.6 Å². The second-order valence-electron chi connectivity index (χ2n) is 9.76. The lowest BCUT2D eigenvalue weighted by Crippen LogP contribution is -1.78. The second kappa shape index (κ2) is 6.80. The van der Waals surface area contributed by atoms with Crippen molar-refractivity contribution in [2.24, 2.45) is 0 Å². The van der Waals surface area contributed by atoms with E-state index in [4.69, 9.17) is 13.3 Å². The minimum absolute atomic E-state index is 0.881. The summed E-state index contributed by atoms with van der Waals surface area (Å²) in [5, 5.41) is 9.06. The molecule has 0 fully saturated rings. The molecule has 3 nitrogen and oxygen atoms in total. The van der Waals surface area contributed by atoms with E-state index in [0.29, 0.717) is 0 Å². The first kappa shape index (κ1) is 19.2. The van der Waals surface area contributed by atoms with Gasteiger partial charge in [-0.2, -0.15) is 0 Å². The lowest BCUT2D eigenvalue weighted by atomic mass is 10.00. The first-order valence-electron chi connectivity index (χ1n) is 12.4. The van der Waals surface area contributed by atoms with E-state index in [1.165, 1.54) is 5.39 Å². The van der Waals surface area contributed by atoms with Gasteiger partial charge in [-0.25, -0.2) is 0 Å². The number of para-hydroxylation sites is 2. The van der Waals surface area contributed by atoms with Crippen molar-refractivity contribution in [2.75, 3.05) is 0 Å².